The van der Waals surface area contributed by atoms with E-state index >= 15 is 0 Å². The SMILES string of the molecule is COc1cccc(F)c1CNc1nn(C2CCCCCC2)cc1NNC(=O)c1cncnc1. The van der Waals surface area contributed by atoms with Gasteiger partial charge >= 0.3 is 0 Å². The largest absolute Gasteiger partial charge is 0.496 e. The summed E-state index contributed by atoms with van der Waals surface area (Å²) in [5, 5.41) is 7.92. The Hall–Kier alpha value is -3.69. The quantitative estimate of drug-likeness (QED) is 0.348. The highest BCUT2D eigenvalue weighted by molar-refractivity contribution is 5.94. The van der Waals surface area contributed by atoms with Gasteiger partial charge in [0.1, 0.15) is 23.6 Å². The molecule has 0 spiro atoms. The van der Waals surface area contributed by atoms with Crippen molar-refractivity contribution in [2.75, 3.05) is 17.9 Å². The van der Waals surface area contributed by atoms with Crippen molar-refractivity contribution in [2.24, 2.45) is 0 Å². The Morgan fingerprint density at radius 1 is 1.18 bits per heavy atom. The Balaban J connectivity index is 1.54. The Kier molecular flexibility index (Phi) is 7.33. The molecule has 1 aromatic carbocycles. The minimum Gasteiger partial charge on any atom is -0.496 e. The number of methoxy groups -OCH3 is 1. The Morgan fingerprint density at radius 2 is 1.94 bits per heavy atom. The van der Waals surface area contributed by atoms with Gasteiger partial charge in [-0.3, -0.25) is 20.3 Å². The van der Waals surface area contributed by atoms with E-state index in [1.54, 1.807) is 12.1 Å². The van der Waals surface area contributed by atoms with Gasteiger partial charge in [-0.1, -0.05) is 31.7 Å². The number of hydrogen-bond donors (Lipinski definition) is 3. The lowest BCUT2D eigenvalue weighted by Gasteiger charge is -2.14. The van der Waals surface area contributed by atoms with Crippen LogP contribution in [0, 0.1) is 5.82 Å². The number of aromatic nitrogens is 4. The number of carbonyl (C=O) groups is 1. The number of anilines is 2. The summed E-state index contributed by atoms with van der Waals surface area (Å²) in [4.78, 5) is 20.2. The predicted octanol–water partition coefficient (Wildman–Crippen LogP) is 4.09. The van der Waals surface area contributed by atoms with Gasteiger partial charge in [-0.25, -0.2) is 14.4 Å². The average molecular weight is 454 g/mol. The molecule has 0 saturated heterocycles. The van der Waals surface area contributed by atoms with Gasteiger partial charge in [0.25, 0.3) is 5.91 Å². The van der Waals surface area contributed by atoms with Gasteiger partial charge in [0, 0.05) is 24.5 Å². The number of nitrogens with one attached hydrogen (secondary N) is 3. The first kappa shape index (κ1) is 22.5. The summed E-state index contributed by atoms with van der Waals surface area (Å²) in [7, 11) is 1.51. The predicted molar refractivity (Wildman–Crippen MR) is 122 cm³/mol. The van der Waals surface area contributed by atoms with Gasteiger partial charge in [-0.15, -0.1) is 0 Å². The van der Waals surface area contributed by atoms with Crippen molar-refractivity contribution < 1.29 is 13.9 Å². The minimum atomic E-state index is -0.375. The van der Waals surface area contributed by atoms with Gasteiger partial charge in [0.2, 0.25) is 0 Å². The molecule has 1 saturated carbocycles. The molecule has 174 valence electrons. The van der Waals surface area contributed by atoms with Crippen molar-refractivity contribution in [2.45, 2.75) is 51.1 Å². The molecule has 1 amide bonds. The summed E-state index contributed by atoms with van der Waals surface area (Å²) in [5.74, 6) is 0.225. The van der Waals surface area contributed by atoms with E-state index in [0.717, 1.165) is 25.7 Å². The van der Waals surface area contributed by atoms with Gasteiger partial charge in [0.05, 0.1) is 24.9 Å². The zero-order valence-corrected chi connectivity index (χ0v) is 18.6. The third kappa shape index (κ3) is 5.57. The molecule has 2 heterocycles. The number of halogens is 1. The van der Waals surface area contributed by atoms with Crippen molar-refractivity contribution >= 4 is 17.4 Å². The summed E-state index contributed by atoms with van der Waals surface area (Å²) < 4.78 is 21.6. The number of benzene rings is 1. The molecule has 0 unspecified atom stereocenters. The normalized spacial score (nSPS) is 14.4. The van der Waals surface area contributed by atoms with Crippen LogP contribution in [-0.2, 0) is 6.54 Å². The fourth-order valence-electron chi connectivity index (χ4n) is 4.01. The summed E-state index contributed by atoms with van der Waals surface area (Å²) in [6.45, 7) is 0.173. The van der Waals surface area contributed by atoms with E-state index in [1.165, 1.54) is 44.7 Å². The molecule has 33 heavy (non-hydrogen) atoms. The van der Waals surface area contributed by atoms with Crippen molar-refractivity contribution in [1.29, 1.82) is 0 Å². The van der Waals surface area contributed by atoms with Crippen molar-refractivity contribution in [3.63, 3.8) is 0 Å². The summed E-state index contributed by atoms with van der Waals surface area (Å²) in [5.41, 5.74) is 6.91. The van der Waals surface area contributed by atoms with Crippen molar-refractivity contribution in [3.8, 4) is 5.75 Å². The van der Waals surface area contributed by atoms with Crippen molar-refractivity contribution in [3.05, 3.63) is 60.1 Å². The van der Waals surface area contributed by atoms with Crippen LogP contribution in [0.3, 0.4) is 0 Å². The Morgan fingerprint density at radius 3 is 2.67 bits per heavy atom. The zero-order chi connectivity index (χ0) is 23.0. The van der Waals surface area contributed by atoms with Crippen LogP contribution >= 0.6 is 0 Å². The number of ether oxygens (including phenoxy) is 1. The number of nitrogens with zero attached hydrogens (tertiary/aromatic N) is 4. The summed E-state index contributed by atoms with van der Waals surface area (Å²) in [6, 6.07) is 5.00. The molecule has 1 fully saturated rings. The van der Waals surface area contributed by atoms with Crippen LogP contribution < -0.4 is 20.9 Å². The molecular formula is C23H28FN7O2. The summed E-state index contributed by atoms with van der Waals surface area (Å²) >= 11 is 0. The molecule has 9 nitrogen and oxygen atoms in total. The maximum Gasteiger partial charge on any atom is 0.272 e. The van der Waals surface area contributed by atoms with E-state index in [-0.39, 0.29) is 24.3 Å². The highest BCUT2D eigenvalue weighted by atomic mass is 19.1. The Labute approximate surface area is 191 Å². The third-order valence-corrected chi connectivity index (χ3v) is 5.79. The monoisotopic (exact) mass is 453 g/mol. The van der Waals surface area contributed by atoms with E-state index in [0.29, 0.717) is 28.4 Å². The number of rotatable bonds is 8. The molecule has 3 N–H and O–H groups in total. The molecule has 4 rings (SSSR count). The van der Waals surface area contributed by atoms with E-state index in [9.17, 15) is 9.18 Å². The first-order valence-corrected chi connectivity index (χ1v) is 11.1. The van der Waals surface area contributed by atoms with Gasteiger partial charge in [0.15, 0.2) is 5.82 Å². The van der Waals surface area contributed by atoms with Crippen molar-refractivity contribution in [1.82, 2.24) is 25.2 Å². The van der Waals surface area contributed by atoms with Crippen LogP contribution in [0.1, 0.15) is 60.5 Å². The lowest BCUT2D eigenvalue weighted by Crippen LogP contribution is -2.29. The molecule has 0 radical (unpaired) electrons. The first-order valence-electron chi connectivity index (χ1n) is 11.1. The van der Waals surface area contributed by atoms with E-state index in [2.05, 4.69) is 26.1 Å². The first-order chi connectivity index (χ1) is 16.2. The molecule has 1 aliphatic carbocycles. The molecule has 2 aromatic heterocycles. The van der Waals surface area contributed by atoms with Gasteiger partial charge < -0.3 is 10.1 Å². The molecule has 0 aliphatic heterocycles. The fourth-order valence-corrected chi connectivity index (χ4v) is 4.01. The zero-order valence-electron chi connectivity index (χ0n) is 18.6. The number of hydrazine groups is 1. The van der Waals surface area contributed by atoms with Crippen LogP contribution in [0.5, 0.6) is 5.75 Å². The number of amides is 1. The van der Waals surface area contributed by atoms with Crippen LogP contribution in [0.15, 0.2) is 43.1 Å². The Bertz CT molecular complexity index is 1070. The van der Waals surface area contributed by atoms with Crippen LogP contribution in [-0.4, -0.2) is 32.8 Å². The molecular weight excluding hydrogens is 425 g/mol. The molecule has 0 bridgehead atoms. The lowest BCUT2D eigenvalue weighted by atomic mass is 10.1. The second-order valence-electron chi connectivity index (χ2n) is 8.00. The molecule has 0 atom stereocenters. The number of hydrogen-bond acceptors (Lipinski definition) is 7. The number of carbonyl (C=O) groups excluding carboxylic acids is 1. The molecule has 10 heteroatoms. The second-order valence-corrected chi connectivity index (χ2v) is 8.00. The third-order valence-electron chi connectivity index (χ3n) is 5.79. The topological polar surface area (TPSA) is 106 Å². The van der Waals surface area contributed by atoms with Crippen LogP contribution in [0.4, 0.5) is 15.9 Å². The average Bonchev–Trinajstić information content (AvgIpc) is 3.05. The molecule has 1 aliphatic rings. The van der Waals surface area contributed by atoms with Crippen LogP contribution in [0.25, 0.3) is 0 Å². The highest BCUT2D eigenvalue weighted by Crippen LogP contribution is 2.31. The fraction of sp³-hybridized carbons (Fsp3) is 0.391. The van der Waals surface area contributed by atoms with Gasteiger partial charge in [-0.05, 0) is 25.0 Å². The van der Waals surface area contributed by atoms with E-state index in [4.69, 9.17) is 9.84 Å². The van der Waals surface area contributed by atoms with Gasteiger partial charge in [-0.2, -0.15) is 5.10 Å². The minimum absolute atomic E-state index is 0.173. The lowest BCUT2D eigenvalue weighted by molar-refractivity contribution is 0.0962. The standard InChI is InChI=1S/C23H28FN7O2/c1-33-21-10-6-9-19(24)18(21)13-27-22-20(28-29-23(32)16-11-25-15-26-12-16)14-31(30-22)17-7-4-2-3-5-8-17/h6,9-12,14-15,17,28H,2-5,7-8,13H2,1H3,(H,27,30)(H,29,32). The summed E-state index contributed by atoms with van der Waals surface area (Å²) in [6.07, 6.45) is 13.0. The van der Waals surface area contributed by atoms with E-state index < -0.39 is 0 Å². The maximum absolute atomic E-state index is 14.4. The smallest absolute Gasteiger partial charge is 0.272 e. The van der Waals surface area contributed by atoms with E-state index in [1.807, 2.05) is 10.9 Å². The van der Waals surface area contributed by atoms with Crippen LogP contribution in [0.2, 0.25) is 0 Å². The second kappa shape index (κ2) is 10.8. The maximum atomic E-state index is 14.4. The molecule has 3 aromatic rings. The highest BCUT2D eigenvalue weighted by Gasteiger charge is 2.19.